The molecule has 4 nitrogen and oxygen atoms in total. The number of ether oxygens (including phenoxy) is 1. The van der Waals surface area contributed by atoms with Gasteiger partial charge in [-0.25, -0.2) is 13.2 Å². The third-order valence-corrected chi connectivity index (χ3v) is 3.87. The molecule has 0 radical (unpaired) electrons. The zero-order valence-electron chi connectivity index (χ0n) is 10.9. The van der Waals surface area contributed by atoms with Crippen LogP contribution in [0.3, 0.4) is 0 Å². The number of hydrogen-bond donors (Lipinski definition) is 0. The van der Waals surface area contributed by atoms with Crippen LogP contribution in [-0.2, 0) is 21.2 Å². The Hall–Kier alpha value is -2.14. The molecule has 0 aromatic heterocycles. The van der Waals surface area contributed by atoms with Crippen LogP contribution in [0.15, 0.2) is 59.5 Å². The molecular formula is C15H14O4S. The van der Waals surface area contributed by atoms with Gasteiger partial charge in [0, 0.05) is 6.26 Å². The molecule has 0 aliphatic heterocycles. The highest BCUT2D eigenvalue weighted by molar-refractivity contribution is 7.90. The number of benzene rings is 2. The molecule has 20 heavy (non-hydrogen) atoms. The first kappa shape index (κ1) is 14.3. The van der Waals surface area contributed by atoms with Gasteiger partial charge in [-0.1, -0.05) is 42.5 Å². The summed E-state index contributed by atoms with van der Waals surface area (Å²) >= 11 is 0. The number of carbonyl (C=O) groups is 1. The first-order chi connectivity index (χ1) is 9.48. The van der Waals surface area contributed by atoms with Crippen LogP contribution < -0.4 is 0 Å². The molecule has 2 rings (SSSR count). The van der Waals surface area contributed by atoms with Crippen LogP contribution in [0.2, 0.25) is 0 Å². The Morgan fingerprint density at radius 1 is 1.00 bits per heavy atom. The Balaban J connectivity index is 2.18. The monoisotopic (exact) mass is 290 g/mol. The van der Waals surface area contributed by atoms with E-state index in [1.807, 2.05) is 30.3 Å². The molecule has 104 valence electrons. The van der Waals surface area contributed by atoms with E-state index in [-0.39, 0.29) is 17.1 Å². The van der Waals surface area contributed by atoms with Crippen LogP contribution in [0.1, 0.15) is 15.9 Å². The molecule has 0 N–H and O–H groups in total. The maximum Gasteiger partial charge on any atom is 0.339 e. The minimum absolute atomic E-state index is 0.0157. The first-order valence-corrected chi connectivity index (χ1v) is 7.88. The fourth-order valence-corrected chi connectivity index (χ4v) is 2.64. The Morgan fingerprint density at radius 3 is 2.25 bits per heavy atom. The SMILES string of the molecule is CS(=O)(=O)c1ccccc1C(=O)OCc1ccccc1. The van der Waals surface area contributed by atoms with Crippen molar-refractivity contribution in [2.75, 3.05) is 6.26 Å². The molecule has 0 saturated heterocycles. The van der Waals surface area contributed by atoms with Gasteiger partial charge >= 0.3 is 5.97 Å². The summed E-state index contributed by atoms with van der Waals surface area (Å²) in [6, 6.07) is 15.2. The number of esters is 1. The lowest BCUT2D eigenvalue weighted by molar-refractivity contribution is 0.0468. The van der Waals surface area contributed by atoms with Gasteiger partial charge in [0.2, 0.25) is 0 Å². The van der Waals surface area contributed by atoms with Crippen LogP contribution in [0.25, 0.3) is 0 Å². The van der Waals surface area contributed by atoms with Crippen molar-refractivity contribution in [3.8, 4) is 0 Å². The second kappa shape index (κ2) is 5.88. The molecule has 0 amide bonds. The summed E-state index contributed by atoms with van der Waals surface area (Å²) in [5, 5.41) is 0. The average Bonchev–Trinajstić information content (AvgIpc) is 2.45. The van der Waals surface area contributed by atoms with Gasteiger partial charge < -0.3 is 4.74 Å². The summed E-state index contributed by atoms with van der Waals surface area (Å²) in [7, 11) is -3.46. The number of rotatable bonds is 4. The molecule has 0 bridgehead atoms. The molecule has 0 unspecified atom stereocenters. The molecule has 2 aromatic rings. The average molecular weight is 290 g/mol. The third kappa shape index (κ3) is 3.45. The van der Waals surface area contributed by atoms with Gasteiger partial charge in [-0.2, -0.15) is 0 Å². The standard InChI is InChI=1S/C15H14O4S/c1-20(17,18)14-10-6-5-9-13(14)15(16)19-11-12-7-3-2-4-8-12/h2-10H,11H2,1H3. The summed E-state index contributed by atoms with van der Waals surface area (Å²) in [6.45, 7) is 0.109. The Labute approximate surface area is 117 Å². The molecular weight excluding hydrogens is 276 g/mol. The van der Waals surface area contributed by atoms with Crippen molar-refractivity contribution in [1.82, 2.24) is 0 Å². The lowest BCUT2D eigenvalue weighted by Gasteiger charge is -2.08. The zero-order valence-corrected chi connectivity index (χ0v) is 11.8. The van der Waals surface area contributed by atoms with E-state index >= 15 is 0 Å². The normalized spacial score (nSPS) is 11.1. The highest BCUT2D eigenvalue weighted by atomic mass is 32.2. The van der Waals surface area contributed by atoms with E-state index in [9.17, 15) is 13.2 Å². The van der Waals surface area contributed by atoms with Crippen LogP contribution >= 0.6 is 0 Å². The number of hydrogen-bond acceptors (Lipinski definition) is 4. The fraction of sp³-hybridized carbons (Fsp3) is 0.133. The van der Waals surface area contributed by atoms with Gasteiger partial charge in [-0.3, -0.25) is 0 Å². The van der Waals surface area contributed by atoms with Crippen molar-refractivity contribution in [2.24, 2.45) is 0 Å². The molecule has 0 aliphatic carbocycles. The van der Waals surface area contributed by atoms with Crippen LogP contribution in [0.5, 0.6) is 0 Å². The molecule has 0 saturated carbocycles. The number of sulfone groups is 1. The van der Waals surface area contributed by atoms with Crippen LogP contribution in [0, 0.1) is 0 Å². The molecule has 0 heterocycles. The van der Waals surface area contributed by atoms with Crippen LogP contribution in [-0.4, -0.2) is 20.6 Å². The second-order valence-corrected chi connectivity index (χ2v) is 6.31. The van der Waals surface area contributed by atoms with Crippen molar-refractivity contribution in [3.63, 3.8) is 0 Å². The quantitative estimate of drug-likeness (QED) is 0.811. The van der Waals surface area contributed by atoms with Crippen LogP contribution in [0.4, 0.5) is 0 Å². The third-order valence-electron chi connectivity index (χ3n) is 2.72. The van der Waals surface area contributed by atoms with Gasteiger partial charge in [0.25, 0.3) is 0 Å². The van der Waals surface area contributed by atoms with E-state index in [1.54, 1.807) is 12.1 Å². The Kier molecular flexibility index (Phi) is 4.20. The minimum atomic E-state index is -3.46. The second-order valence-electron chi connectivity index (χ2n) is 4.33. The van der Waals surface area contributed by atoms with E-state index in [1.165, 1.54) is 12.1 Å². The smallest absolute Gasteiger partial charge is 0.339 e. The lowest BCUT2D eigenvalue weighted by Crippen LogP contribution is -2.11. The number of carbonyl (C=O) groups excluding carboxylic acids is 1. The van der Waals surface area contributed by atoms with Crippen molar-refractivity contribution in [1.29, 1.82) is 0 Å². The van der Waals surface area contributed by atoms with Gasteiger partial charge in [-0.05, 0) is 17.7 Å². The maximum atomic E-state index is 12.0. The van der Waals surface area contributed by atoms with Crippen molar-refractivity contribution in [3.05, 3.63) is 65.7 Å². The molecule has 0 aliphatic rings. The highest BCUT2D eigenvalue weighted by Gasteiger charge is 2.19. The predicted octanol–water partition coefficient (Wildman–Crippen LogP) is 2.45. The topological polar surface area (TPSA) is 60.4 Å². The maximum absolute atomic E-state index is 12.0. The molecule has 2 aromatic carbocycles. The Bertz CT molecular complexity index is 706. The van der Waals surface area contributed by atoms with Gasteiger partial charge in [0.05, 0.1) is 10.5 Å². The van der Waals surface area contributed by atoms with E-state index in [0.29, 0.717) is 0 Å². The van der Waals surface area contributed by atoms with Crippen molar-refractivity contribution < 1.29 is 17.9 Å². The zero-order chi connectivity index (χ0) is 14.6. The van der Waals surface area contributed by atoms with E-state index < -0.39 is 15.8 Å². The molecule has 0 fully saturated rings. The highest BCUT2D eigenvalue weighted by Crippen LogP contribution is 2.17. The summed E-state index contributed by atoms with van der Waals surface area (Å²) < 4.78 is 28.4. The predicted molar refractivity (Wildman–Crippen MR) is 75.1 cm³/mol. The molecule has 5 heteroatoms. The van der Waals surface area contributed by atoms with Crippen molar-refractivity contribution in [2.45, 2.75) is 11.5 Å². The minimum Gasteiger partial charge on any atom is -0.457 e. The van der Waals surface area contributed by atoms with E-state index in [2.05, 4.69) is 0 Å². The van der Waals surface area contributed by atoms with E-state index in [0.717, 1.165) is 11.8 Å². The van der Waals surface area contributed by atoms with Gasteiger partial charge in [0.1, 0.15) is 6.61 Å². The lowest BCUT2D eigenvalue weighted by atomic mass is 10.2. The molecule has 0 atom stereocenters. The van der Waals surface area contributed by atoms with Crippen molar-refractivity contribution >= 4 is 15.8 Å². The first-order valence-electron chi connectivity index (χ1n) is 5.98. The summed E-state index contributed by atoms with van der Waals surface area (Å²) in [5.41, 5.74) is 0.906. The largest absolute Gasteiger partial charge is 0.457 e. The van der Waals surface area contributed by atoms with E-state index in [4.69, 9.17) is 4.74 Å². The fourth-order valence-electron chi connectivity index (χ4n) is 1.76. The summed E-state index contributed by atoms with van der Waals surface area (Å²) in [5.74, 6) is -0.644. The Morgan fingerprint density at radius 2 is 1.60 bits per heavy atom. The van der Waals surface area contributed by atoms with Gasteiger partial charge in [-0.15, -0.1) is 0 Å². The molecule has 0 spiro atoms. The summed E-state index contributed by atoms with van der Waals surface area (Å²) in [4.78, 5) is 12.0. The summed E-state index contributed by atoms with van der Waals surface area (Å²) in [6.07, 6.45) is 1.07. The van der Waals surface area contributed by atoms with Gasteiger partial charge in [0.15, 0.2) is 9.84 Å².